The summed E-state index contributed by atoms with van der Waals surface area (Å²) in [5.74, 6) is -0.273. The second-order valence-corrected chi connectivity index (χ2v) is 5.95. The molecule has 0 bridgehead atoms. The molecule has 0 aliphatic carbocycles. The lowest BCUT2D eigenvalue weighted by Gasteiger charge is -2.12. The standard InChI is InChI=1S/C15H11BrF3N5O2/c1-26-14(25)23-9-3-2-6-7(4-21-12(6)10(9)16)11-8(15(17,18)19)5-22-13(20)24-11/h2-5,21H,1H3,(H,23,25)(H2,20,22,24). The number of H-pyrrole nitrogens is 1. The minimum Gasteiger partial charge on any atom is -0.453 e. The molecule has 0 aliphatic rings. The van der Waals surface area contributed by atoms with E-state index in [1.807, 2.05) is 0 Å². The number of carbonyl (C=O) groups excluding carboxylic acids is 1. The first-order valence-corrected chi connectivity index (χ1v) is 7.86. The van der Waals surface area contributed by atoms with E-state index in [-0.39, 0.29) is 17.2 Å². The van der Waals surface area contributed by atoms with Crippen LogP contribution in [0, 0.1) is 0 Å². The van der Waals surface area contributed by atoms with E-state index < -0.39 is 17.8 Å². The second kappa shape index (κ2) is 6.48. The van der Waals surface area contributed by atoms with Crippen LogP contribution in [0.4, 0.5) is 29.6 Å². The number of rotatable bonds is 2. The van der Waals surface area contributed by atoms with Gasteiger partial charge in [0.1, 0.15) is 5.56 Å². The number of benzene rings is 1. The van der Waals surface area contributed by atoms with E-state index in [9.17, 15) is 18.0 Å². The average Bonchev–Trinajstić information content (AvgIpc) is 3.00. The third-order valence-corrected chi connectivity index (χ3v) is 4.41. The molecule has 11 heteroatoms. The van der Waals surface area contributed by atoms with Crippen molar-refractivity contribution < 1.29 is 22.7 Å². The Kier molecular flexibility index (Phi) is 4.48. The van der Waals surface area contributed by atoms with Crippen LogP contribution >= 0.6 is 15.9 Å². The van der Waals surface area contributed by atoms with Crippen molar-refractivity contribution in [3.05, 3.63) is 34.6 Å². The van der Waals surface area contributed by atoms with Gasteiger partial charge < -0.3 is 15.5 Å². The highest BCUT2D eigenvalue weighted by atomic mass is 79.9. The number of fused-ring (bicyclic) bond motifs is 1. The number of anilines is 2. The van der Waals surface area contributed by atoms with Crippen molar-refractivity contribution in [2.75, 3.05) is 18.2 Å². The quantitative estimate of drug-likeness (QED) is 0.566. The molecule has 0 saturated carbocycles. The molecule has 2 aromatic heterocycles. The summed E-state index contributed by atoms with van der Waals surface area (Å²) in [6, 6.07) is 3.08. The van der Waals surface area contributed by atoms with E-state index in [1.54, 1.807) is 6.07 Å². The van der Waals surface area contributed by atoms with Crippen LogP contribution in [0.15, 0.2) is 29.0 Å². The van der Waals surface area contributed by atoms with E-state index in [2.05, 4.69) is 40.9 Å². The number of nitrogens with zero attached hydrogens (tertiary/aromatic N) is 2. The lowest BCUT2D eigenvalue weighted by Crippen LogP contribution is -2.11. The van der Waals surface area contributed by atoms with Crippen molar-refractivity contribution >= 4 is 44.6 Å². The predicted molar refractivity (Wildman–Crippen MR) is 92.5 cm³/mol. The number of ether oxygens (including phenoxy) is 1. The third kappa shape index (κ3) is 3.17. The molecule has 0 spiro atoms. The summed E-state index contributed by atoms with van der Waals surface area (Å²) in [7, 11) is 1.21. The molecule has 2 heterocycles. The largest absolute Gasteiger partial charge is 0.453 e. The van der Waals surface area contributed by atoms with E-state index in [0.29, 0.717) is 27.3 Å². The van der Waals surface area contributed by atoms with Crippen LogP contribution in [0.1, 0.15) is 5.56 Å². The van der Waals surface area contributed by atoms with Gasteiger partial charge in [-0.15, -0.1) is 0 Å². The van der Waals surface area contributed by atoms with Crippen molar-refractivity contribution in [1.29, 1.82) is 0 Å². The summed E-state index contributed by atoms with van der Waals surface area (Å²) >= 11 is 3.32. The van der Waals surface area contributed by atoms with Crippen molar-refractivity contribution in [2.45, 2.75) is 6.18 Å². The Morgan fingerprint density at radius 2 is 2.12 bits per heavy atom. The maximum atomic E-state index is 13.3. The first-order valence-electron chi connectivity index (χ1n) is 7.07. The fourth-order valence-electron chi connectivity index (χ4n) is 2.43. The molecule has 0 atom stereocenters. The predicted octanol–water partition coefficient (Wildman–Crippen LogP) is 4.17. The van der Waals surface area contributed by atoms with Crippen molar-refractivity contribution in [3.8, 4) is 11.3 Å². The number of methoxy groups -OCH3 is 1. The lowest BCUT2D eigenvalue weighted by molar-refractivity contribution is -0.137. The number of alkyl halides is 3. The molecule has 136 valence electrons. The van der Waals surface area contributed by atoms with Gasteiger partial charge in [0, 0.05) is 23.3 Å². The molecule has 0 aliphatic heterocycles. The number of nitrogens with one attached hydrogen (secondary N) is 2. The van der Waals surface area contributed by atoms with Crippen LogP contribution in [-0.2, 0) is 10.9 Å². The van der Waals surface area contributed by atoms with Gasteiger partial charge in [-0.1, -0.05) is 6.07 Å². The van der Waals surface area contributed by atoms with Gasteiger partial charge in [-0.05, 0) is 22.0 Å². The van der Waals surface area contributed by atoms with Gasteiger partial charge >= 0.3 is 12.3 Å². The Morgan fingerprint density at radius 3 is 2.77 bits per heavy atom. The molecule has 7 nitrogen and oxygen atoms in total. The molecule has 4 N–H and O–H groups in total. The lowest BCUT2D eigenvalue weighted by atomic mass is 10.1. The Labute approximate surface area is 152 Å². The SMILES string of the molecule is COC(=O)Nc1ccc2c(-c3nc(N)ncc3C(F)(F)F)c[nH]c2c1Br. The zero-order valence-electron chi connectivity index (χ0n) is 13.1. The smallest absolute Gasteiger partial charge is 0.419 e. The molecule has 1 amide bonds. The fraction of sp³-hybridized carbons (Fsp3) is 0.133. The number of hydrogen-bond donors (Lipinski definition) is 3. The summed E-state index contributed by atoms with van der Waals surface area (Å²) in [5, 5.41) is 2.95. The minimum atomic E-state index is -4.64. The number of aromatic nitrogens is 3. The monoisotopic (exact) mass is 429 g/mol. The van der Waals surface area contributed by atoms with Gasteiger partial charge in [-0.3, -0.25) is 5.32 Å². The Morgan fingerprint density at radius 1 is 1.38 bits per heavy atom. The molecule has 0 saturated heterocycles. The van der Waals surface area contributed by atoms with Gasteiger partial charge in [-0.25, -0.2) is 14.8 Å². The van der Waals surface area contributed by atoms with E-state index in [1.165, 1.54) is 19.4 Å². The molecular weight excluding hydrogens is 419 g/mol. The average molecular weight is 430 g/mol. The molecule has 0 radical (unpaired) electrons. The minimum absolute atomic E-state index is 0.201. The zero-order valence-corrected chi connectivity index (χ0v) is 14.7. The fourth-order valence-corrected chi connectivity index (χ4v) is 2.98. The van der Waals surface area contributed by atoms with Crippen LogP contribution < -0.4 is 11.1 Å². The number of nitrogen functional groups attached to an aromatic ring is 1. The van der Waals surface area contributed by atoms with Crippen LogP contribution in [0.25, 0.3) is 22.2 Å². The molecule has 3 aromatic rings. The third-order valence-electron chi connectivity index (χ3n) is 3.58. The van der Waals surface area contributed by atoms with E-state index in [0.717, 1.165) is 0 Å². The van der Waals surface area contributed by atoms with Crippen molar-refractivity contribution in [1.82, 2.24) is 15.0 Å². The van der Waals surface area contributed by atoms with Gasteiger partial charge in [0.2, 0.25) is 5.95 Å². The Bertz CT molecular complexity index is 1000. The Hall–Kier alpha value is -2.82. The maximum Gasteiger partial charge on any atom is 0.419 e. The maximum absolute atomic E-state index is 13.3. The van der Waals surface area contributed by atoms with Crippen LogP contribution in [0.3, 0.4) is 0 Å². The first kappa shape index (κ1) is 18.0. The zero-order chi connectivity index (χ0) is 19.1. The number of carbonyl (C=O) groups is 1. The van der Waals surface area contributed by atoms with Crippen molar-refractivity contribution in [2.24, 2.45) is 0 Å². The van der Waals surface area contributed by atoms with Gasteiger partial charge in [0.05, 0.1) is 28.5 Å². The summed E-state index contributed by atoms with van der Waals surface area (Å²) in [6.45, 7) is 0. The van der Waals surface area contributed by atoms with Gasteiger partial charge in [-0.2, -0.15) is 13.2 Å². The molecule has 26 heavy (non-hydrogen) atoms. The number of halogens is 4. The summed E-state index contributed by atoms with van der Waals surface area (Å²) < 4.78 is 44.9. The molecule has 0 unspecified atom stereocenters. The number of nitrogens with two attached hydrogens (primary N) is 1. The topological polar surface area (TPSA) is 106 Å². The van der Waals surface area contributed by atoms with Crippen LogP contribution in [-0.4, -0.2) is 28.2 Å². The number of amides is 1. The van der Waals surface area contributed by atoms with Crippen LogP contribution in [0.5, 0.6) is 0 Å². The highest BCUT2D eigenvalue weighted by Gasteiger charge is 2.36. The molecule has 0 fully saturated rings. The van der Waals surface area contributed by atoms with Gasteiger partial charge in [0.25, 0.3) is 0 Å². The number of hydrogen-bond acceptors (Lipinski definition) is 5. The molecular formula is C15H11BrF3N5O2. The summed E-state index contributed by atoms with van der Waals surface area (Å²) in [4.78, 5) is 21.4. The highest BCUT2D eigenvalue weighted by Crippen LogP contribution is 2.40. The van der Waals surface area contributed by atoms with Gasteiger partial charge in [0.15, 0.2) is 0 Å². The van der Waals surface area contributed by atoms with Crippen molar-refractivity contribution in [3.63, 3.8) is 0 Å². The summed E-state index contributed by atoms with van der Waals surface area (Å²) in [6.07, 6.45) is -3.29. The van der Waals surface area contributed by atoms with E-state index >= 15 is 0 Å². The van der Waals surface area contributed by atoms with Crippen LogP contribution in [0.2, 0.25) is 0 Å². The highest BCUT2D eigenvalue weighted by molar-refractivity contribution is 9.10. The first-order chi connectivity index (χ1) is 12.2. The molecule has 3 rings (SSSR count). The second-order valence-electron chi connectivity index (χ2n) is 5.16. The summed E-state index contributed by atoms with van der Waals surface area (Å²) in [5.41, 5.74) is 5.20. The number of aromatic amines is 1. The Balaban J connectivity index is 2.18. The normalized spacial score (nSPS) is 11.6. The van der Waals surface area contributed by atoms with E-state index in [4.69, 9.17) is 5.73 Å². The molecule has 1 aromatic carbocycles.